The molecule has 4 nitrogen and oxygen atoms in total. The molecule has 1 atom stereocenters. The Balaban J connectivity index is 2.12. The minimum atomic E-state index is 0.00486. The number of carbonyl (C=O) groups is 1. The topological polar surface area (TPSA) is 52.6 Å². The Hall–Kier alpha value is -1.55. The lowest BCUT2D eigenvalue weighted by molar-refractivity contribution is 0.0698. The number of nitrogens with one attached hydrogen (secondary N) is 1. The highest BCUT2D eigenvalue weighted by molar-refractivity contribution is 5.94. The molecule has 1 heterocycles. The molecule has 98 valence electrons. The number of phenols is 1. The molecule has 2 N–H and O–H groups in total. The first-order valence-corrected chi connectivity index (χ1v) is 6.38. The summed E-state index contributed by atoms with van der Waals surface area (Å²) in [6.07, 6.45) is 2.13. The van der Waals surface area contributed by atoms with Gasteiger partial charge >= 0.3 is 0 Å². The summed E-state index contributed by atoms with van der Waals surface area (Å²) < 4.78 is 0. The molecule has 1 aromatic rings. The lowest BCUT2D eigenvalue weighted by Gasteiger charge is -2.32. The molecule has 0 radical (unpaired) electrons. The van der Waals surface area contributed by atoms with Gasteiger partial charge in [0.25, 0.3) is 5.91 Å². The van der Waals surface area contributed by atoms with Crippen LogP contribution in [0.25, 0.3) is 0 Å². The molecule has 4 heteroatoms. The number of carbonyl (C=O) groups excluding carboxylic acids is 1. The average molecular weight is 248 g/mol. The number of phenolic OH excluding ortho intramolecular Hbond substituents is 1. The van der Waals surface area contributed by atoms with Crippen molar-refractivity contribution in [3.63, 3.8) is 0 Å². The molecule has 2 rings (SSSR count). The van der Waals surface area contributed by atoms with Crippen LogP contribution >= 0.6 is 0 Å². The predicted molar refractivity (Wildman–Crippen MR) is 70.8 cm³/mol. The van der Waals surface area contributed by atoms with Gasteiger partial charge in [0.15, 0.2) is 0 Å². The van der Waals surface area contributed by atoms with Crippen LogP contribution in [0.15, 0.2) is 18.2 Å². The Morgan fingerprint density at radius 2 is 2.28 bits per heavy atom. The molecule has 1 aromatic carbocycles. The van der Waals surface area contributed by atoms with E-state index in [0.29, 0.717) is 11.6 Å². The molecule has 1 fully saturated rings. The number of aryl methyl sites for hydroxylation is 1. The second-order valence-corrected chi connectivity index (χ2v) is 4.88. The second kappa shape index (κ2) is 5.40. The molecule has 1 aliphatic rings. The zero-order valence-electron chi connectivity index (χ0n) is 10.9. The maximum atomic E-state index is 12.3. The summed E-state index contributed by atoms with van der Waals surface area (Å²) in [5.74, 6) is 0.188. The Morgan fingerprint density at radius 1 is 1.50 bits per heavy atom. The first kappa shape index (κ1) is 12.9. The van der Waals surface area contributed by atoms with Crippen molar-refractivity contribution in [3.8, 4) is 5.75 Å². The lowest BCUT2D eigenvalue weighted by Crippen LogP contribution is -2.46. The predicted octanol–water partition coefficient (Wildman–Crippen LogP) is 1.52. The van der Waals surface area contributed by atoms with Crippen LogP contribution < -0.4 is 5.32 Å². The Kier molecular flexibility index (Phi) is 3.87. The van der Waals surface area contributed by atoms with E-state index in [-0.39, 0.29) is 11.7 Å². The summed E-state index contributed by atoms with van der Waals surface area (Å²) >= 11 is 0. The average Bonchev–Trinajstić information content (AvgIpc) is 2.41. The molecule has 1 amide bonds. The van der Waals surface area contributed by atoms with E-state index in [1.165, 1.54) is 0 Å². The Labute approximate surface area is 108 Å². The van der Waals surface area contributed by atoms with Crippen LogP contribution in [0.4, 0.5) is 0 Å². The minimum Gasteiger partial charge on any atom is -0.508 e. The number of rotatable bonds is 2. The van der Waals surface area contributed by atoms with Crippen molar-refractivity contribution in [1.29, 1.82) is 0 Å². The second-order valence-electron chi connectivity index (χ2n) is 4.88. The molecule has 18 heavy (non-hydrogen) atoms. The van der Waals surface area contributed by atoms with Crippen LogP contribution in [0, 0.1) is 6.92 Å². The molecular formula is C14H20N2O2. The van der Waals surface area contributed by atoms with Gasteiger partial charge in [0.1, 0.15) is 5.75 Å². The fraction of sp³-hybridized carbons (Fsp3) is 0.500. The maximum Gasteiger partial charge on any atom is 0.254 e. The van der Waals surface area contributed by atoms with E-state index in [1.54, 1.807) is 18.2 Å². The zero-order valence-corrected chi connectivity index (χ0v) is 10.9. The van der Waals surface area contributed by atoms with Crippen LogP contribution in [0.5, 0.6) is 5.75 Å². The van der Waals surface area contributed by atoms with Crippen molar-refractivity contribution in [2.24, 2.45) is 0 Å². The van der Waals surface area contributed by atoms with Crippen molar-refractivity contribution >= 4 is 5.91 Å². The Bertz CT molecular complexity index is 445. The fourth-order valence-corrected chi connectivity index (χ4v) is 2.32. The SMILES string of the molecule is CNC1CCCN(C(=O)c2ccc(C)c(O)c2)C1. The summed E-state index contributed by atoms with van der Waals surface area (Å²) in [6.45, 7) is 3.36. The summed E-state index contributed by atoms with van der Waals surface area (Å²) in [4.78, 5) is 14.2. The summed E-state index contributed by atoms with van der Waals surface area (Å²) in [7, 11) is 1.93. The largest absolute Gasteiger partial charge is 0.508 e. The molecule has 1 saturated heterocycles. The van der Waals surface area contributed by atoms with Gasteiger partial charge in [0.05, 0.1) is 0 Å². The monoisotopic (exact) mass is 248 g/mol. The normalized spacial score (nSPS) is 19.9. The van der Waals surface area contributed by atoms with Gasteiger partial charge in [-0.05, 0) is 44.5 Å². The Morgan fingerprint density at radius 3 is 2.94 bits per heavy atom. The summed E-state index contributed by atoms with van der Waals surface area (Å²) in [5.41, 5.74) is 1.35. The zero-order chi connectivity index (χ0) is 13.1. The first-order valence-electron chi connectivity index (χ1n) is 6.38. The van der Waals surface area contributed by atoms with Gasteiger partial charge in [0.2, 0.25) is 0 Å². The van der Waals surface area contributed by atoms with E-state index < -0.39 is 0 Å². The quantitative estimate of drug-likeness (QED) is 0.834. The number of likely N-dealkylation sites (tertiary alicyclic amines) is 1. The van der Waals surface area contributed by atoms with E-state index in [9.17, 15) is 9.90 Å². The van der Waals surface area contributed by atoms with Crippen molar-refractivity contribution in [3.05, 3.63) is 29.3 Å². The third-order valence-corrected chi connectivity index (χ3v) is 3.57. The van der Waals surface area contributed by atoms with Gasteiger partial charge < -0.3 is 15.3 Å². The van der Waals surface area contributed by atoms with Crippen molar-refractivity contribution < 1.29 is 9.90 Å². The molecule has 1 unspecified atom stereocenters. The number of likely N-dealkylation sites (N-methyl/N-ethyl adjacent to an activating group) is 1. The van der Waals surface area contributed by atoms with Crippen LogP contribution in [-0.4, -0.2) is 42.1 Å². The number of hydrogen-bond acceptors (Lipinski definition) is 3. The van der Waals surface area contributed by atoms with Crippen molar-refractivity contribution in [2.45, 2.75) is 25.8 Å². The number of nitrogens with zero attached hydrogens (tertiary/aromatic N) is 1. The molecule has 0 saturated carbocycles. The standard InChI is InChI=1S/C14H20N2O2/c1-10-5-6-11(8-13(10)17)14(18)16-7-3-4-12(9-16)15-2/h5-6,8,12,15,17H,3-4,7,9H2,1-2H3. The van der Waals surface area contributed by atoms with Crippen LogP contribution in [-0.2, 0) is 0 Å². The highest BCUT2D eigenvalue weighted by Gasteiger charge is 2.23. The highest BCUT2D eigenvalue weighted by atomic mass is 16.3. The number of benzene rings is 1. The molecule has 0 aliphatic carbocycles. The minimum absolute atomic E-state index is 0.00486. The van der Waals surface area contributed by atoms with Gasteiger partial charge in [-0.2, -0.15) is 0 Å². The van der Waals surface area contributed by atoms with Crippen LogP contribution in [0.2, 0.25) is 0 Å². The van der Waals surface area contributed by atoms with Gasteiger partial charge in [-0.1, -0.05) is 6.07 Å². The third-order valence-electron chi connectivity index (χ3n) is 3.57. The van der Waals surface area contributed by atoms with E-state index in [2.05, 4.69) is 5.32 Å². The maximum absolute atomic E-state index is 12.3. The van der Waals surface area contributed by atoms with Gasteiger partial charge in [-0.15, -0.1) is 0 Å². The van der Waals surface area contributed by atoms with Crippen molar-refractivity contribution in [1.82, 2.24) is 10.2 Å². The van der Waals surface area contributed by atoms with Gasteiger partial charge in [0, 0.05) is 24.7 Å². The summed E-state index contributed by atoms with van der Waals surface area (Å²) in [5, 5.41) is 12.9. The molecular weight excluding hydrogens is 228 g/mol. The van der Waals surface area contributed by atoms with Gasteiger partial charge in [-0.25, -0.2) is 0 Å². The van der Waals surface area contributed by atoms with Crippen LogP contribution in [0.1, 0.15) is 28.8 Å². The number of hydrogen-bond donors (Lipinski definition) is 2. The molecule has 1 aliphatic heterocycles. The first-order chi connectivity index (χ1) is 8.61. The molecule has 0 spiro atoms. The molecule has 0 bridgehead atoms. The van der Waals surface area contributed by atoms with Gasteiger partial charge in [-0.3, -0.25) is 4.79 Å². The number of aromatic hydroxyl groups is 1. The molecule has 0 aromatic heterocycles. The highest BCUT2D eigenvalue weighted by Crippen LogP contribution is 2.20. The van der Waals surface area contributed by atoms with E-state index in [4.69, 9.17) is 0 Å². The summed E-state index contributed by atoms with van der Waals surface area (Å²) in [6, 6.07) is 5.49. The number of amides is 1. The van der Waals surface area contributed by atoms with Crippen molar-refractivity contribution in [2.75, 3.05) is 20.1 Å². The van der Waals surface area contributed by atoms with Crippen LogP contribution in [0.3, 0.4) is 0 Å². The lowest BCUT2D eigenvalue weighted by atomic mass is 10.0. The van der Waals surface area contributed by atoms with E-state index in [0.717, 1.165) is 31.5 Å². The van der Waals surface area contributed by atoms with E-state index in [1.807, 2.05) is 18.9 Å². The fourth-order valence-electron chi connectivity index (χ4n) is 2.32. The number of piperidine rings is 1. The smallest absolute Gasteiger partial charge is 0.254 e. The third kappa shape index (κ3) is 2.64. The van der Waals surface area contributed by atoms with E-state index >= 15 is 0 Å².